The van der Waals surface area contributed by atoms with Gasteiger partial charge in [0.2, 0.25) is 5.13 Å². The van der Waals surface area contributed by atoms with Crippen molar-refractivity contribution in [3.63, 3.8) is 0 Å². The van der Waals surface area contributed by atoms with Crippen molar-refractivity contribution < 1.29 is 76.1 Å². The zero-order valence-electron chi connectivity index (χ0n) is 38.0. The topological polar surface area (TPSA) is 232 Å². The number of para-hydroxylation sites is 1. The van der Waals surface area contributed by atoms with E-state index >= 15 is 0 Å². The molecule has 0 amide bonds. The number of benzene rings is 2. The molecule has 0 atom stereocenters. The van der Waals surface area contributed by atoms with Crippen molar-refractivity contribution >= 4 is 68.7 Å². The Kier molecular flexibility index (Phi) is 23.1. The smallest absolute Gasteiger partial charge is 0.330 e. The van der Waals surface area contributed by atoms with E-state index in [2.05, 4.69) is 28.7 Å². The first kappa shape index (κ1) is 52.9. The fraction of sp³-hybridized carbons (Fsp3) is 0.500. The molecule has 368 valence electrons. The van der Waals surface area contributed by atoms with Crippen molar-refractivity contribution in [2.45, 2.75) is 51.4 Å². The number of hydrogen-bond acceptors (Lipinski definition) is 20. The van der Waals surface area contributed by atoms with Gasteiger partial charge in [0.25, 0.3) is 0 Å². The summed E-state index contributed by atoms with van der Waals surface area (Å²) in [5.41, 5.74) is 4.11. The van der Waals surface area contributed by atoms with Crippen LogP contribution in [0.2, 0.25) is 0 Å². The third kappa shape index (κ3) is 18.6. The van der Waals surface area contributed by atoms with Crippen LogP contribution in [-0.4, -0.2) is 126 Å². The number of nitrogens with zero attached hydrogens (tertiary/aromatic N) is 2. The average molecular weight is 966 g/mol. The lowest BCUT2D eigenvalue weighted by Crippen LogP contribution is -2.30. The van der Waals surface area contributed by atoms with Gasteiger partial charge in [-0.25, -0.2) is 14.6 Å². The van der Waals surface area contributed by atoms with Crippen LogP contribution >= 0.6 is 11.3 Å². The number of carbonyl (C=O) groups excluding carboxylic acids is 6. The molecule has 0 radical (unpaired) electrons. The summed E-state index contributed by atoms with van der Waals surface area (Å²) in [6.07, 6.45) is 7.18. The third-order valence-electron chi connectivity index (χ3n) is 10.8. The molecule has 1 heterocycles. The van der Waals surface area contributed by atoms with Crippen molar-refractivity contribution in [3.05, 3.63) is 73.3 Å². The normalized spacial score (nSPS) is 18.0. The van der Waals surface area contributed by atoms with E-state index in [0.29, 0.717) is 68.7 Å². The number of esters is 6. The summed E-state index contributed by atoms with van der Waals surface area (Å²) in [4.78, 5) is 78.9. The van der Waals surface area contributed by atoms with E-state index in [9.17, 15) is 28.8 Å². The van der Waals surface area contributed by atoms with E-state index in [1.54, 1.807) is 18.2 Å². The van der Waals surface area contributed by atoms with Gasteiger partial charge in [-0.05, 0) is 81.7 Å². The molecular formula is C48H59N3O16S. The number of aromatic nitrogens is 1. The Morgan fingerprint density at radius 3 is 1.50 bits per heavy atom. The van der Waals surface area contributed by atoms with Gasteiger partial charge in [-0.15, -0.1) is 0 Å². The van der Waals surface area contributed by atoms with Gasteiger partial charge in [0, 0.05) is 17.7 Å². The van der Waals surface area contributed by atoms with Gasteiger partial charge in [0.1, 0.15) is 37.9 Å². The van der Waals surface area contributed by atoms with Crippen molar-refractivity contribution in [2.24, 2.45) is 28.8 Å². The Bertz CT molecular complexity index is 2130. The quantitative estimate of drug-likeness (QED) is 0.0165. The number of anilines is 1. The van der Waals surface area contributed by atoms with Gasteiger partial charge in [-0.2, -0.15) is 5.10 Å². The van der Waals surface area contributed by atoms with Gasteiger partial charge in [0.15, 0.2) is 0 Å². The Hall–Kier alpha value is -6.06. The van der Waals surface area contributed by atoms with Crippen LogP contribution in [-0.2, 0) is 66.7 Å². The van der Waals surface area contributed by atoms with Gasteiger partial charge in [-0.3, -0.25) is 24.6 Å². The second-order valence-corrected chi connectivity index (χ2v) is 16.6. The van der Waals surface area contributed by atoms with Crippen LogP contribution in [0.15, 0.2) is 72.9 Å². The molecule has 2 saturated carbocycles. The summed E-state index contributed by atoms with van der Waals surface area (Å²) >= 11 is 1.42. The maximum Gasteiger partial charge on any atom is 0.330 e. The second-order valence-electron chi connectivity index (χ2n) is 15.5. The Morgan fingerprint density at radius 1 is 0.574 bits per heavy atom. The number of carbonyl (C=O) groups is 6. The molecule has 0 bridgehead atoms. The number of ether oxygens (including phenoxy) is 10. The highest BCUT2D eigenvalue weighted by molar-refractivity contribution is 7.22. The first-order valence-electron chi connectivity index (χ1n) is 22.6. The summed E-state index contributed by atoms with van der Waals surface area (Å²) in [6.45, 7) is 9.02. The van der Waals surface area contributed by atoms with E-state index in [1.807, 2.05) is 24.3 Å². The fourth-order valence-corrected chi connectivity index (χ4v) is 8.00. The molecule has 1 aromatic heterocycles. The monoisotopic (exact) mass is 965 g/mol. The molecule has 0 spiro atoms. The maximum atomic E-state index is 13.5. The van der Waals surface area contributed by atoms with Crippen LogP contribution < -0.4 is 14.9 Å². The SMILES string of the molecule is C=CC(=O)OCCOCCOCCOC(=O)C1CCC(C(=O)Oc2ccc(OC(=O)C3CCC(C(=O)OCCOCCOCCOC(=O)C=C)CC3)c(/C=N/Nc3nc4ccccc4s3)c2)CC1. The Morgan fingerprint density at radius 2 is 1.01 bits per heavy atom. The molecule has 3 aromatic rings. The summed E-state index contributed by atoms with van der Waals surface area (Å²) in [5, 5.41) is 4.91. The molecule has 0 aliphatic heterocycles. The minimum absolute atomic E-state index is 0.0802. The number of fused-ring (bicyclic) bond motifs is 1. The molecule has 19 nitrogen and oxygen atoms in total. The van der Waals surface area contributed by atoms with Gasteiger partial charge < -0.3 is 47.4 Å². The van der Waals surface area contributed by atoms with Crippen molar-refractivity contribution in [2.75, 3.05) is 84.7 Å². The Labute approximate surface area is 398 Å². The lowest BCUT2D eigenvalue weighted by atomic mass is 9.82. The van der Waals surface area contributed by atoms with E-state index < -0.39 is 35.7 Å². The van der Waals surface area contributed by atoms with Crippen LogP contribution in [0.25, 0.3) is 10.2 Å². The van der Waals surface area contributed by atoms with Crippen LogP contribution in [0.3, 0.4) is 0 Å². The van der Waals surface area contributed by atoms with Crippen LogP contribution in [0.1, 0.15) is 56.9 Å². The lowest BCUT2D eigenvalue weighted by Gasteiger charge is -2.26. The highest BCUT2D eigenvalue weighted by Crippen LogP contribution is 2.34. The average Bonchev–Trinajstić information content (AvgIpc) is 3.78. The van der Waals surface area contributed by atoms with E-state index in [0.717, 1.165) is 22.4 Å². The van der Waals surface area contributed by atoms with E-state index in [1.165, 1.54) is 17.6 Å². The molecule has 5 rings (SSSR count). The van der Waals surface area contributed by atoms with Gasteiger partial charge in [-0.1, -0.05) is 36.6 Å². The second kappa shape index (κ2) is 29.6. The zero-order valence-corrected chi connectivity index (χ0v) is 38.8. The van der Waals surface area contributed by atoms with Gasteiger partial charge >= 0.3 is 35.8 Å². The molecule has 0 saturated heterocycles. The summed E-state index contributed by atoms with van der Waals surface area (Å²) in [7, 11) is 0. The number of hydrogen-bond donors (Lipinski definition) is 1. The standard InChI is InChI=1S/C48H59N3O16S/c1-3-42(52)62-27-23-58-19-21-60-25-29-64-44(54)33-9-13-35(14-10-33)46(56)66-38-17-18-40(37(31-38)32-49-51-48-50-39-7-5-6-8-41(39)68-48)67-47(57)36-15-11-34(12-16-36)45(55)65-30-26-61-22-20-59-24-28-63-43(53)4-2/h3-8,17-18,31-36H,1-2,9-16,19-30H2,(H,50,51)/b49-32+. The molecule has 2 aliphatic carbocycles. The number of nitrogens with one attached hydrogen (secondary N) is 1. The summed E-state index contributed by atoms with van der Waals surface area (Å²) in [6, 6.07) is 12.3. The Balaban J connectivity index is 1.05. The molecule has 1 N–H and O–H groups in total. The molecule has 2 aromatic carbocycles. The third-order valence-corrected chi connectivity index (χ3v) is 11.8. The van der Waals surface area contributed by atoms with Crippen LogP contribution in [0.5, 0.6) is 11.5 Å². The number of hydrazone groups is 1. The van der Waals surface area contributed by atoms with Crippen molar-refractivity contribution in [3.8, 4) is 11.5 Å². The first-order chi connectivity index (χ1) is 33.1. The van der Waals surface area contributed by atoms with Crippen molar-refractivity contribution in [1.82, 2.24) is 4.98 Å². The number of thiazole rings is 1. The molecule has 68 heavy (non-hydrogen) atoms. The van der Waals surface area contributed by atoms with Crippen LogP contribution in [0.4, 0.5) is 5.13 Å². The molecule has 2 fully saturated rings. The zero-order chi connectivity index (χ0) is 48.4. The fourth-order valence-electron chi connectivity index (χ4n) is 7.18. The minimum Gasteiger partial charge on any atom is -0.463 e. The summed E-state index contributed by atoms with van der Waals surface area (Å²) < 4.78 is 54.6. The first-order valence-corrected chi connectivity index (χ1v) is 23.4. The predicted molar refractivity (Wildman–Crippen MR) is 247 cm³/mol. The van der Waals surface area contributed by atoms with Crippen molar-refractivity contribution in [1.29, 1.82) is 0 Å². The van der Waals surface area contributed by atoms with Crippen LogP contribution in [0, 0.1) is 23.7 Å². The minimum atomic E-state index is -0.517. The van der Waals surface area contributed by atoms with E-state index in [4.69, 9.17) is 47.4 Å². The maximum absolute atomic E-state index is 13.5. The van der Waals surface area contributed by atoms with E-state index in [-0.39, 0.29) is 108 Å². The highest BCUT2D eigenvalue weighted by Gasteiger charge is 2.34. The molecule has 20 heteroatoms. The predicted octanol–water partition coefficient (Wildman–Crippen LogP) is 5.78. The van der Waals surface area contributed by atoms with Gasteiger partial charge in [0.05, 0.1) is 93.0 Å². The molecule has 0 unspecified atom stereocenters. The lowest BCUT2D eigenvalue weighted by molar-refractivity contribution is -0.153. The molecular weight excluding hydrogens is 907 g/mol. The number of rotatable bonds is 29. The summed E-state index contributed by atoms with van der Waals surface area (Å²) in [5.74, 6) is -3.78. The largest absolute Gasteiger partial charge is 0.463 e. The highest BCUT2D eigenvalue weighted by atomic mass is 32.1. The molecule has 2 aliphatic rings.